The van der Waals surface area contributed by atoms with Crippen LogP contribution in [-0.2, 0) is 22.4 Å². The van der Waals surface area contributed by atoms with Gasteiger partial charge in [0, 0.05) is 33.3 Å². The zero-order valence-corrected chi connectivity index (χ0v) is 20.3. The number of pyridine rings is 1. The number of aromatic nitrogens is 2. The van der Waals surface area contributed by atoms with Crippen molar-refractivity contribution in [1.29, 1.82) is 0 Å². The molecule has 2 saturated heterocycles. The molecule has 9 heteroatoms. The summed E-state index contributed by atoms with van der Waals surface area (Å²) in [5, 5.41) is 0. The van der Waals surface area contributed by atoms with Crippen molar-refractivity contribution in [2.24, 2.45) is 11.3 Å². The third-order valence-electron chi connectivity index (χ3n) is 8.13. The fourth-order valence-corrected chi connectivity index (χ4v) is 6.32. The van der Waals surface area contributed by atoms with E-state index < -0.39 is 29.3 Å². The molecule has 3 aromatic rings. The molecule has 2 atom stereocenters. The highest BCUT2D eigenvalue weighted by molar-refractivity contribution is 6.20. The van der Waals surface area contributed by atoms with E-state index in [1.54, 1.807) is 18.3 Å². The van der Waals surface area contributed by atoms with E-state index in [0.717, 1.165) is 22.6 Å². The number of hydrogen-bond donors (Lipinski definition) is 0. The summed E-state index contributed by atoms with van der Waals surface area (Å²) in [5.41, 5.74) is 0.211. The molecule has 9 nitrogen and oxygen atoms in total. The Hall–Kier alpha value is -4.01. The van der Waals surface area contributed by atoms with Gasteiger partial charge in [0.15, 0.2) is 5.41 Å². The molecule has 1 aromatic carbocycles. The first-order valence-electron chi connectivity index (χ1n) is 12.2. The van der Waals surface area contributed by atoms with Crippen LogP contribution in [-0.4, -0.2) is 63.7 Å². The third kappa shape index (κ3) is 3.04. The monoisotopic (exact) mass is 485 g/mol. The van der Waals surface area contributed by atoms with Crippen molar-refractivity contribution in [3.05, 3.63) is 76.2 Å². The van der Waals surface area contributed by atoms with Gasteiger partial charge in [-0.1, -0.05) is 36.4 Å². The number of carbonyl (C=O) groups is 3. The molecule has 2 fully saturated rings. The highest BCUT2D eigenvalue weighted by atomic mass is 16.2. The first kappa shape index (κ1) is 22.5. The number of barbiturate groups is 1. The number of hydrogen-bond acceptors (Lipinski definition) is 6. The number of amides is 4. The van der Waals surface area contributed by atoms with Gasteiger partial charge in [-0.05, 0) is 42.9 Å². The van der Waals surface area contributed by atoms with E-state index >= 15 is 0 Å². The van der Waals surface area contributed by atoms with Crippen molar-refractivity contribution < 1.29 is 14.4 Å². The number of rotatable bonds is 2. The summed E-state index contributed by atoms with van der Waals surface area (Å²) in [4.78, 5) is 62.9. The first-order valence-corrected chi connectivity index (χ1v) is 12.2. The standard InChI is InChI=1S/C27H27N5O4/c1-29-24(34)27(25(35)30(2)26(29)36)16-19-22(28-21-10-6-7-12-32(21)23(19)33)31-13-11-18(15-20(27)31)14-17-8-4-3-5-9-17/h3-10,12,18,20H,11,13-16H2,1-2H3/t18-,20-/m0/s1. The van der Waals surface area contributed by atoms with Gasteiger partial charge in [-0.2, -0.15) is 0 Å². The second-order valence-electron chi connectivity index (χ2n) is 10.1. The zero-order chi connectivity index (χ0) is 25.2. The Morgan fingerprint density at radius 3 is 2.36 bits per heavy atom. The van der Waals surface area contributed by atoms with Crippen LogP contribution in [0.4, 0.5) is 10.6 Å². The zero-order valence-electron chi connectivity index (χ0n) is 20.3. The summed E-state index contributed by atoms with van der Waals surface area (Å²) in [5.74, 6) is -0.311. The van der Waals surface area contributed by atoms with Crippen molar-refractivity contribution in [2.75, 3.05) is 25.5 Å². The Morgan fingerprint density at radius 1 is 0.944 bits per heavy atom. The van der Waals surface area contributed by atoms with E-state index in [1.807, 2.05) is 29.2 Å². The van der Waals surface area contributed by atoms with Crippen LogP contribution in [0.1, 0.15) is 24.0 Å². The van der Waals surface area contributed by atoms with Crippen LogP contribution in [0.3, 0.4) is 0 Å². The van der Waals surface area contributed by atoms with Crippen LogP contribution in [0.5, 0.6) is 0 Å². The van der Waals surface area contributed by atoms with Crippen LogP contribution in [0.25, 0.3) is 5.65 Å². The average Bonchev–Trinajstić information content (AvgIpc) is 2.91. The predicted octanol–water partition coefficient (Wildman–Crippen LogP) is 2.12. The van der Waals surface area contributed by atoms with Crippen LogP contribution in [0.2, 0.25) is 0 Å². The van der Waals surface area contributed by atoms with Gasteiger partial charge in [0.2, 0.25) is 11.8 Å². The fraction of sp³-hybridized carbons (Fsp3) is 0.370. The number of urea groups is 1. The molecule has 1 spiro atoms. The molecular formula is C27H27N5O4. The number of nitrogens with zero attached hydrogens (tertiary/aromatic N) is 5. The van der Waals surface area contributed by atoms with Gasteiger partial charge in [-0.3, -0.25) is 28.6 Å². The molecule has 184 valence electrons. The van der Waals surface area contributed by atoms with E-state index in [9.17, 15) is 19.2 Å². The molecule has 6 rings (SSSR count). The predicted molar refractivity (Wildman–Crippen MR) is 133 cm³/mol. The first-order chi connectivity index (χ1) is 17.3. The van der Waals surface area contributed by atoms with Crippen molar-refractivity contribution >= 4 is 29.3 Å². The maximum atomic E-state index is 13.9. The van der Waals surface area contributed by atoms with E-state index in [-0.39, 0.29) is 17.9 Å². The van der Waals surface area contributed by atoms with Gasteiger partial charge in [0.1, 0.15) is 11.5 Å². The summed E-state index contributed by atoms with van der Waals surface area (Å²) in [6, 6.07) is 14.4. The topological polar surface area (TPSA) is 95.3 Å². The molecule has 5 heterocycles. The lowest BCUT2D eigenvalue weighted by Gasteiger charge is -2.55. The lowest BCUT2D eigenvalue weighted by molar-refractivity contribution is -0.160. The number of imide groups is 2. The van der Waals surface area contributed by atoms with E-state index in [2.05, 4.69) is 12.1 Å². The van der Waals surface area contributed by atoms with Crippen molar-refractivity contribution in [3.63, 3.8) is 0 Å². The van der Waals surface area contributed by atoms with Gasteiger partial charge >= 0.3 is 6.03 Å². The molecule has 2 aromatic heterocycles. The van der Waals surface area contributed by atoms with E-state index in [0.29, 0.717) is 30.0 Å². The molecule has 0 radical (unpaired) electrons. The van der Waals surface area contributed by atoms with Crippen molar-refractivity contribution in [2.45, 2.75) is 31.7 Å². The molecule has 0 aliphatic carbocycles. The van der Waals surface area contributed by atoms with Gasteiger partial charge in [0.25, 0.3) is 5.56 Å². The average molecular weight is 486 g/mol. The molecular weight excluding hydrogens is 458 g/mol. The Balaban J connectivity index is 1.52. The molecule has 4 amide bonds. The molecule has 3 aliphatic heterocycles. The Bertz CT molecular complexity index is 1440. The summed E-state index contributed by atoms with van der Waals surface area (Å²) >= 11 is 0. The molecule has 0 N–H and O–H groups in total. The molecule has 0 bridgehead atoms. The SMILES string of the molecule is CN1C(=O)N(C)C(=O)C2(Cc3c(nc4ccccn4c3=O)N3CC[C@@H](Cc4ccccc4)C[C@H]32)C1=O. The van der Waals surface area contributed by atoms with Crippen molar-refractivity contribution in [3.8, 4) is 0 Å². The molecule has 0 unspecified atom stereocenters. The summed E-state index contributed by atoms with van der Waals surface area (Å²) < 4.78 is 1.45. The highest BCUT2D eigenvalue weighted by Gasteiger charge is 2.64. The maximum absolute atomic E-state index is 13.9. The fourth-order valence-electron chi connectivity index (χ4n) is 6.32. The number of carbonyl (C=O) groups excluding carboxylic acids is 3. The smallest absolute Gasteiger partial charge is 0.332 e. The molecule has 3 aliphatic rings. The van der Waals surface area contributed by atoms with Gasteiger partial charge in [-0.15, -0.1) is 0 Å². The number of fused-ring (bicyclic) bond motifs is 5. The van der Waals surface area contributed by atoms with Crippen LogP contribution >= 0.6 is 0 Å². The van der Waals surface area contributed by atoms with Crippen LogP contribution in [0, 0.1) is 11.3 Å². The van der Waals surface area contributed by atoms with Gasteiger partial charge < -0.3 is 4.90 Å². The van der Waals surface area contributed by atoms with Crippen LogP contribution < -0.4 is 10.5 Å². The number of piperidine rings is 1. The van der Waals surface area contributed by atoms with E-state index in [4.69, 9.17) is 4.98 Å². The summed E-state index contributed by atoms with van der Waals surface area (Å²) in [6.07, 6.45) is 3.81. The van der Waals surface area contributed by atoms with E-state index in [1.165, 1.54) is 24.1 Å². The highest BCUT2D eigenvalue weighted by Crippen LogP contribution is 2.48. The van der Waals surface area contributed by atoms with Gasteiger partial charge in [-0.25, -0.2) is 9.78 Å². The molecule has 36 heavy (non-hydrogen) atoms. The number of benzene rings is 1. The minimum Gasteiger partial charge on any atom is -0.352 e. The minimum absolute atomic E-state index is 0.0785. The number of anilines is 1. The second kappa shape index (κ2) is 8.01. The lowest BCUT2D eigenvalue weighted by Crippen LogP contribution is -2.73. The lowest BCUT2D eigenvalue weighted by atomic mass is 9.64. The Labute approximate surface area is 207 Å². The summed E-state index contributed by atoms with van der Waals surface area (Å²) in [7, 11) is 2.82. The Kier molecular flexibility index (Phi) is 5.00. The summed E-state index contributed by atoms with van der Waals surface area (Å²) in [6.45, 7) is 0.564. The van der Waals surface area contributed by atoms with Crippen molar-refractivity contribution in [1.82, 2.24) is 19.2 Å². The molecule has 0 saturated carbocycles. The normalized spacial score (nSPS) is 23.3. The maximum Gasteiger partial charge on any atom is 0.332 e. The third-order valence-corrected chi connectivity index (χ3v) is 8.13. The van der Waals surface area contributed by atoms with Crippen LogP contribution in [0.15, 0.2) is 59.5 Å². The Morgan fingerprint density at radius 2 is 1.64 bits per heavy atom. The van der Waals surface area contributed by atoms with Gasteiger partial charge in [0.05, 0.1) is 11.6 Å². The largest absolute Gasteiger partial charge is 0.352 e. The minimum atomic E-state index is -1.57. The second-order valence-corrected chi connectivity index (χ2v) is 10.1. The quantitative estimate of drug-likeness (QED) is 0.516.